The Hall–Kier alpha value is -2.96. The molecule has 2 aromatic heterocycles. The highest BCUT2D eigenvalue weighted by atomic mass is 79.9. The third-order valence-corrected chi connectivity index (χ3v) is 6.57. The second kappa shape index (κ2) is 8.88. The van der Waals surface area contributed by atoms with Gasteiger partial charge in [-0.1, -0.05) is 51.8 Å². The van der Waals surface area contributed by atoms with Crippen LogP contribution in [0, 0.1) is 0 Å². The first-order valence-corrected chi connectivity index (χ1v) is 11.6. The van der Waals surface area contributed by atoms with Crippen molar-refractivity contribution in [3.63, 3.8) is 0 Å². The number of H-pyrrole nitrogens is 1. The summed E-state index contributed by atoms with van der Waals surface area (Å²) in [6.07, 6.45) is 1.92. The van der Waals surface area contributed by atoms with Gasteiger partial charge in [0, 0.05) is 26.5 Å². The molecule has 4 aromatic rings. The van der Waals surface area contributed by atoms with Crippen LogP contribution in [0.15, 0.2) is 77.4 Å². The van der Waals surface area contributed by atoms with Crippen LogP contribution in [-0.4, -0.2) is 42.0 Å². The number of nitrogens with zero attached hydrogens (tertiary/aromatic N) is 3. The minimum atomic E-state index is 0.0143. The molecule has 5 rings (SSSR count). The molecule has 2 aromatic carbocycles. The number of nitrogens with one attached hydrogen (secondary N) is 1. The summed E-state index contributed by atoms with van der Waals surface area (Å²) in [6.45, 7) is 2.86. The number of carbonyl (C=O) groups excluding carboxylic acids is 1. The number of aromatic nitrogens is 2. The summed E-state index contributed by atoms with van der Waals surface area (Å²) >= 11 is 9.98. The molecule has 7 heteroatoms. The maximum atomic E-state index is 13.7. The fourth-order valence-corrected chi connectivity index (χ4v) is 4.68. The number of fused-ring (bicyclic) bond motifs is 1. The van der Waals surface area contributed by atoms with Crippen molar-refractivity contribution >= 4 is 50.2 Å². The third-order valence-electron chi connectivity index (χ3n) is 5.75. The zero-order chi connectivity index (χ0) is 22.1. The lowest BCUT2D eigenvalue weighted by molar-refractivity contribution is -0.364. The number of rotatable bonds is 3. The van der Waals surface area contributed by atoms with E-state index in [0.29, 0.717) is 29.4 Å². The SMILES string of the molecule is O=C(c1cc(-c2ccccc2Cl)nc2ccc(Br)cc12)N1CCN(c2cccc[nH+]2)CC1. The second-order valence-electron chi connectivity index (χ2n) is 7.72. The Morgan fingerprint density at radius 2 is 1.75 bits per heavy atom. The van der Waals surface area contributed by atoms with Crippen molar-refractivity contribution in [2.45, 2.75) is 0 Å². The molecule has 1 saturated heterocycles. The van der Waals surface area contributed by atoms with Crippen molar-refractivity contribution in [2.75, 3.05) is 31.1 Å². The first-order valence-electron chi connectivity index (χ1n) is 10.5. The largest absolute Gasteiger partial charge is 0.331 e. The van der Waals surface area contributed by atoms with Crippen molar-refractivity contribution in [2.24, 2.45) is 0 Å². The molecule has 160 valence electrons. The molecule has 32 heavy (non-hydrogen) atoms. The highest BCUT2D eigenvalue weighted by molar-refractivity contribution is 9.10. The van der Waals surface area contributed by atoms with Crippen molar-refractivity contribution < 1.29 is 9.78 Å². The summed E-state index contributed by atoms with van der Waals surface area (Å²) in [4.78, 5) is 25.9. The molecular weight excluding hydrogens is 488 g/mol. The molecule has 0 bridgehead atoms. The van der Waals surface area contributed by atoms with E-state index in [2.05, 4.69) is 31.9 Å². The van der Waals surface area contributed by atoms with Gasteiger partial charge < -0.3 is 4.90 Å². The molecule has 0 saturated carbocycles. The zero-order valence-corrected chi connectivity index (χ0v) is 19.6. The van der Waals surface area contributed by atoms with E-state index in [1.807, 2.05) is 71.8 Å². The summed E-state index contributed by atoms with van der Waals surface area (Å²) < 4.78 is 0.913. The highest BCUT2D eigenvalue weighted by Crippen LogP contribution is 2.31. The molecule has 1 fully saturated rings. The van der Waals surface area contributed by atoms with Gasteiger partial charge in [-0.05, 0) is 36.4 Å². The Kier molecular flexibility index (Phi) is 5.81. The van der Waals surface area contributed by atoms with Crippen molar-refractivity contribution in [3.05, 3.63) is 88.0 Å². The van der Waals surface area contributed by atoms with Gasteiger partial charge in [0.05, 0.1) is 36.1 Å². The Balaban J connectivity index is 1.49. The van der Waals surface area contributed by atoms with Crippen LogP contribution < -0.4 is 9.88 Å². The van der Waals surface area contributed by atoms with Crippen LogP contribution in [-0.2, 0) is 0 Å². The van der Waals surface area contributed by atoms with Crippen LogP contribution in [0.1, 0.15) is 10.4 Å². The monoisotopic (exact) mass is 507 g/mol. The fourth-order valence-electron chi connectivity index (χ4n) is 4.08. The van der Waals surface area contributed by atoms with E-state index in [1.54, 1.807) is 0 Å². The Morgan fingerprint density at radius 1 is 0.969 bits per heavy atom. The maximum absolute atomic E-state index is 13.7. The molecule has 3 heterocycles. The van der Waals surface area contributed by atoms with Gasteiger partial charge in [-0.2, -0.15) is 0 Å². The number of hydrogen-bond donors (Lipinski definition) is 0. The Labute approximate surface area is 199 Å². The molecule has 0 unspecified atom stereocenters. The van der Waals surface area contributed by atoms with Gasteiger partial charge in [0.1, 0.15) is 13.1 Å². The zero-order valence-electron chi connectivity index (χ0n) is 17.3. The number of hydrogen-bond acceptors (Lipinski definition) is 3. The molecule has 1 aliphatic heterocycles. The number of piperazine rings is 1. The van der Waals surface area contributed by atoms with Crippen LogP contribution >= 0.6 is 27.5 Å². The van der Waals surface area contributed by atoms with Crippen LogP contribution in [0.2, 0.25) is 5.02 Å². The van der Waals surface area contributed by atoms with E-state index in [-0.39, 0.29) is 5.91 Å². The first kappa shape index (κ1) is 20.9. The van der Waals surface area contributed by atoms with Crippen molar-refractivity contribution in [1.82, 2.24) is 9.88 Å². The van der Waals surface area contributed by atoms with Crippen LogP contribution in [0.4, 0.5) is 5.82 Å². The minimum Gasteiger partial charge on any atom is -0.331 e. The average Bonchev–Trinajstić information content (AvgIpc) is 2.84. The minimum absolute atomic E-state index is 0.0143. The number of amides is 1. The van der Waals surface area contributed by atoms with Crippen molar-refractivity contribution in [1.29, 1.82) is 0 Å². The molecular formula is C25H21BrClN4O+. The Morgan fingerprint density at radius 3 is 2.50 bits per heavy atom. The first-order chi connectivity index (χ1) is 15.6. The molecule has 0 aliphatic carbocycles. The quantitative estimate of drug-likeness (QED) is 0.387. The second-order valence-corrected chi connectivity index (χ2v) is 9.05. The smallest absolute Gasteiger partial charge is 0.274 e. The molecule has 0 spiro atoms. The van der Waals surface area contributed by atoms with Gasteiger partial charge in [0.2, 0.25) is 0 Å². The van der Waals surface area contributed by atoms with Gasteiger partial charge in [-0.25, -0.2) is 9.97 Å². The van der Waals surface area contributed by atoms with E-state index in [1.165, 1.54) is 0 Å². The Bertz CT molecular complexity index is 1290. The van der Waals surface area contributed by atoms with Crippen molar-refractivity contribution in [3.8, 4) is 11.3 Å². The fraction of sp³-hybridized carbons (Fsp3) is 0.160. The van der Waals surface area contributed by atoms with Gasteiger partial charge in [-0.3, -0.25) is 9.69 Å². The number of benzene rings is 2. The predicted octanol–water partition coefficient (Wildman–Crippen LogP) is 5.09. The highest BCUT2D eigenvalue weighted by Gasteiger charge is 2.28. The summed E-state index contributed by atoms with van der Waals surface area (Å²) in [5, 5.41) is 1.45. The maximum Gasteiger partial charge on any atom is 0.274 e. The van der Waals surface area contributed by atoms with E-state index in [4.69, 9.17) is 16.6 Å². The summed E-state index contributed by atoms with van der Waals surface area (Å²) in [5.74, 6) is 1.08. The molecule has 1 aliphatic rings. The van der Waals surface area contributed by atoms with Crippen LogP contribution in [0.25, 0.3) is 22.2 Å². The summed E-state index contributed by atoms with van der Waals surface area (Å²) in [7, 11) is 0. The molecule has 1 amide bonds. The van der Waals surface area contributed by atoms with E-state index >= 15 is 0 Å². The number of halogens is 2. The normalized spacial score (nSPS) is 14.1. The topological polar surface area (TPSA) is 50.6 Å². The molecule has 0 atom stereocenters. The lowest BCUT2D eigenvalue weighted by Crippen LogP contribution is -2.50. The van der Waals surface area contributed by atoms with E-state index in [9.17, 15) is 4.79 Å². The number of aromatic amines is 1. The number of carbonyl (C=O) groups is 1. The number of anilines is 1. The van der Waals surface area contributed by atoms with Gasteiger partial charge in [0.25, 0.3) is 11.7 Å². The standard InChI is InChI=1S/C25H20BrClN4O/c26-17-8-9-22-19(15-17)20(16-23(29-22)18-5-1-2-6-21(18)27)25(32)31-13-11-30(12-14-31)24-7-3-4-10-28-24/h1-10,15-16H,11-14H2/p+1. The lowest BCUT2D eigenvalue weighted by atomic mass is 10.0. The summed E-state index contributed by atoms with van der Waals surface area (Å²) in [5.41, 5.74) is 2.93. The van der Waals surface area contributed by atoms with Gasteiger partial charge in [0.15, 0.2) is 0 Å². The van der Waals surface area contributed by atoms with Gasteiger partial charge in [-0.15, -0.1) is 0 Å². The predicted molar refractivity (Wildman–Crippen MR) is 131 cm³/mol. The number of pyridine rings is 2. The van der Waals surface area contributed by atoms with E-state index in [0.717, 1.165) is 39.8 Å². The third kappa shape index (κ3) is 4.08. The van der Waals surface area contributed by atoms with Crippen LogP contribution in [0.5, 0.6) is 0 Å². The molecule has 0 radical (unpaired) electrons. The average molecular weight is 509 g/mol. The molecule has 5 nitrogen and oxygen atoms in total. The van der Waals surface area contributed by atoms with Gasteiger partial charge >= 0.3 is 0 Å². The van der Waals surface area contributed by atoms with Crippen LogP contribution in [0.3, 0.4) is 0 Å². The molecule has 1 N–H and O–H groups in total. The summed E-state index contributed by atoms with van der Waals surface area (Å²) in [6, 6.07) is 21.3. The lowest BCUT2D eigenvalue weighted by Gasteiger charge is -2.31. The van der Waals surface area contributed by atoms with E-state index < -0.39 is 0 Å².